The molecule has 0 atom stereocenters. The monoisotopic (exact) mass is 472 g/mol. The summed E-state index contributed by atoms with van der Waals surface area (Å²) < 4.78 is 65.4. The van der Waals surface area contributed by atoms with Gasteiger partial charge in [0.05, 0.1) is 16.3 Å². The fraction of sp³-hybridized carbons (Fsp3) is 0. The number of hydrogen-bond donors (Lipinski definition) is 4. The molecule has 0 radical (unpaired) electrons. The Morgan fingerprint density at radius 1 is 0.656 bits per heavy atom. The maximum absolute atomic E-state index is 11.7. The summed E-state index contributed by atoms with van der Waals surface area (Å²) in [7, 11) is -8.99. The predicted octanol–water partition coefficient (Wildman–Crippen LogP) is 4.07. The standard InChI is InChI=1S/C20H16N4O6S2/c21-15-6-8-18(14-10-11(31(25,26)27)4-5-12(14)15)24-23-17-9-7-16(22)20-13(17)2-1-3-19(20)32(28,29)30/h1-10H,21-22H2,(H,25,26,27)(H,28,29,30). The van der Waals surface area contributed by atoms with E-state index in [1.54, 1.807) is 12.1 Å². The van der Waals surface area contributed by atoms with Crippen LogP contribution in [-0.4, -0.2) is 25.9 Å². The molecule has 0 bridgehead atoms. The normalized spacial score (nSPS) is 12.7. The summed E-state index contributed by atoms with van der Waals surface area (Å²) in [5.41, 5.74) is 12.9. The Bertz CT molecular complexity index is 1630. The van der Waals surface area contributed by atoms with Gasteiger partial charge in [-0.1, -0.05) is 18.2 Å². The van der Waals surface area contributed by atoms with E-state index in [9.17, 15) is 25.9 Å². The van der Waals surface area contributed by atoms with E-state index >= 15 is 0 Å². The van der Waals surface area contributed by atoms with Gasteiger partial charge in [0.2, 0.25) is 0 Å². The van der Waals surface area contributed by atoms with Crippen molar-refractivity contribution in [3.05, 3.63) is 60.7 Å². The lowest BCUT2D eigenvalue weighted by Gasteiger charge is -2.09. The van der Waals surface area contributed by atoms with E-state index in [0.717, 1.165) is 0 Å². The van der Waals surface area contributed by atoms with Gasteiger partial charge in [-0.3, -0.25) is 9.11 Å². The number of hydrogen-bond acceptors (Lipinski definition) is 8. The number of nitrogens with two attached hydrogens (primary N) is 2. The molecule has 4 aromatic carbocycles. The van der Waals surface area contributed by atoms with Gasteiger partial charge in [0, 0.05) is 32.9 Å². The largest absolute Gasteiger partial charge is 0.398 e. The summed E-state index contributed by atoms with van der Waals surface area (Å²) in [6.45, 7) is 0. The van der Waals surface area contributed by atoms with Gasteiger partial charge in [0.1, 0.15) is 4.90 Å². The van der Waals surface area contributed by atoms with Gasteiger partial charge in [-0.15, -0.1) is 10.2 Å². The number of anilines is 2. The molecule has 0 fully saturated rings. The molecule has 164 valence electrons. The molecule has 0 aliphatic rings. The summed E-state index contributed by atoms with van der Waals surface area (Å²) in [6, 6.07) is 14.2. The molecule has 0 aliphatic heterocycles. The summed E-state index contributed by atoms with van der Waals surface area (Å²) >= 11 is 0. The van der Waals surface area contributed by atoms with E-state index in [4.69, 9.17) is 11.5 Å². The van der Waals surface area contributed by atoms with Crippen molar-refractivity contribution in [3.63, 3.8) is 0 Å². The Kier molecular flexibility index (Phi) is 5.09. The minimum absolute atomic E-state index is 0.0993. The van der Waals surface area contributed by atoms with E-state index in [2.05, 4.69) is 10.2 Å². The van der Waals surface area contributed by atoms with Gasteiger partial charge in [-0.25, -0.2) is 0 Å². The second-order valence-corrected chi connectivity index (χ2v) is 9.70. The molecule has 0 saturated heterocycles. The van der Waals surface area contributed by atoms with Crippen molar-refractivity contribution in [3.8, 4) is 0 Å². The summed E-state index contributed by atoms with van der Waals surface area (Å²) in [6.07, 6.45) is 0. The smallest absolute Gasteiger partial charge is 0.295 e. The number of azo groups is 1. The number of benzene rings is 4. The Morgan fingerprint density at radius 3 is 1.91 bits per heavy atom. The van der Waals surface area contributed by atoms with Crippen LogP contribution in [0.25, 0.3) is 21.5 Å². The fourth-order valence-corrected chi connectivity index (χ4v) is 4.62. The van der Waals surface area contributed by atoms with Crippen LogP contribution in [0.5, 0.6) is 0 Å². The first-order valence-electron chi connectivity index (χ1n) is 8.97. The molecular formula is C20H16N4O6S2. The fourth-order valence-electron chi connectivity index (χ4n) is 3.38. The van der Waals surface area contributed by atoms with Crippen LogP contribution in [0.2, 0.25) is 0 Å². The second kappa shape index (κ2) is 7.53. The highest BCUT2D eigenvalue weighted by Crippen LogP contribution is 2.37. The topological polar surface area (TPSA) is 185 Å². The van der Waals surface area contributed by atoms with Crippen molar-refractivity contribution in [2.24, 2.45) is 10.2 Å². The number of nitrogens with zero attached hydrogens (tertiary/aromatic N) is 2. The Labute approximate surface area is 182 Å². The molecule has 6 N–H and O–H groups in total. The van der Waals surface area contributed by atoms with Crippen LogP contribution in [0, 0.1) is 0 Å². The summed E-state index contributed by atoms with van der Waals surface area (Å²) in [5, 5.41) is 9.64. The van der Waals surface area contributed by atoms with Crippen LogP contribution in [0.15, 0.2) is 80.7 Å². The molecule has 32 heavy (non-hydrogen) atoms. The molecule has 4 rings (SSSR count). The van der Waals surface area contributed by atoms with Crippen molar-refractivity contribution >= 4 is 64.5 Å². The zero-order chi connectivity index (χ0) is 23.3. The minimum atomic E-state index is -4.53. The van der Waals surface area contributed by atoms with Crippen molar-refractivity contribution < 1.29 is 25.9 Å². The van der Waals surface area contributed by atoms with Gasteiger partial charge in [0.15, 0.2) is 0 Å². The van der Waals surface area contributed by atoms with Gasteiger partial charge in [0.25, 0.3) is 20.2 Å². The lowest BCUT2D eigenvalue weighted by molar-refractivity contribution is 0.481. The van der Waals surface area contributed by atoms with E-state index in [1.165, 1.54) is 48.5 Å². The highest BCUT2D eigenvalue weighted by molar-refractivity contribution is 7.86. The highest BCUT2D eigenvalue weighted by Gasteiger charge is 2.18. The van der Waals surface area contributed by atoms with Crippen molar-refractivity contribution in [2.45, 2.75) is 9.79 Å². The van der Waals surface area contributed by atoms with Crippen molar-refractivity contribution in [1.82, 2.24) is 0 Å². The second-order valence-electron chi connectivity index (χ2n) is 6.88. The first-order valence-corrected chi connectivity index (χ1v) is 11.8. The third-order valence-electron chi connectivity index (χ3n) is 4.85. The third kappa shape index (κ3) is 3.87. The quantitative estimate of drug-likeness (QED) is 0.194. The van der Waals surface area contributed by atoms with Crippen LogP contribution in [0.4, 0.5) is 22.7 Å². The van der Waals surface area contributed by atoms with Crippen molar-refractivity contribution in [2.75, 3.05) is 11.5 Å². The zero-order valence-electron chi connectivity index (χ0n) is 16.2. The maximum atomic E-state index is 11.7. The Balaban J connectivity index is 1.93. The van der Waals surface area contributed by atoms with Crippen LogP contribution in [0.3, 0.4) is 0 Å². The lowest BCUT2D eigenvalue weighted by Crippen LogP contribution is -2.01. The molecule has 0 amide bonds. The third-order valence-corrected chi connectivity index (χ3v) is 6.60. The molecule has 0 saturated carbocycles. The van der Waals surface area contributed by atoms with Crippen molar-refractivity contribution in [1.29, 1.82) is 0 Å². The first-order chi connectivity index (χ1) is 15.0. The molecule has 0 heterocycles. The van der Waals surface area contributed by atoms with Gasteiger partial charge in [-0.2, -0.15) is 16.8 Å². The average Bonchev–Trinajstić information content (AvgIpc) is 2.72. The molecule has 0 aromatic heterocycles. The summed E-state index contributed by atoms with van der Waals surface area (Å²) in [5.74, 6) is 0. The number of fused-ring (bicyclic) bond motifs is 2. The maximum Gasteiger partial charge on any atom is 0.295 e. The Morgan fingerprint density at radius 2 is 1.28 bits per heavy atom. The molecule has 0 unspecified atom stereocenters. The molecule has 10 nitrogen and oxygen atoms in total. The van der Waals surface area contributed by atoms with Gasteiger partial charge < -0.3 is 11.5 Å². The molecule has 0 spiro atoms. The van der Waals surface area contributed by atoms with Gasteiger partial charge >= 0.3 is 0 Å². The number of nitrogen functional groups attached to an aromatic ring is 2. The minimum Gasteiger partial charge on any atom is -0.398 e. The van der Waals surface area contributed by atoms with E-state index in [0.29, 0.717) is 21.8 Å². The number of rotatable bonds is 4. The predicted molar refractivity (Wildman–Crippen MR) is 121 cm³/mol. The van der Waals surface area contributed by atoms with Crippen LogP contribution >= 0.6 is 0 Å². The van der Waals surface area contributed by atoms with E-state index in [1.807, 2.05) is 0 Å². The lowest BCUT2D eigenvalue weighted by atomic mass is 10.1. The SMILES string of the molecule is Nc1ccc(N=Nc2ccc(N)c3c(S(=O)(=O)O)cccc23)c2cc(S(=O)(=O)O)ccc12. The summed E-state index contributed by atoms with van der Waals surface area (Å²) in [4.78, 5) is -0.692. The molecule has 12 heteroatoms. The van der Waals surface area contributed by atoms with E-state index in [-0.39, 0.29) is 32.2 Å². The molecule has 0 aliphatic carbocycles. The molecule has 4 aromatic rings. The van der Waals surface area contributed by atoms with Crippen LogP contribution < -0.4 is 11.5 Å². The zero-order valence-corrected chi connectivity index (χ0v) is 17.8. The van der Waals surface area contributed by atoms with E-state index < -0.39 is 20.2 Å². The first kappa shape index (κ1) is 21.6. The molecular weight excluding hydrogens is 456 g/mol. The van der Waals surface area contributed by atoms with Crippen LogP contribution in [-0.2, 0) is 20.2 Å². The average molecular weight is 473 g/mol. The van der Waals surface area contributed by atoms with Gasteiger partial charge in [-0.05, 0) is 42.5 Å². The Hall–Kier alpha value is -3.58. The highest BCUT2D eigenvalue weighted by atomic mass is 32.2. The van der Waals surface area contributed by atoms with Crippen LogP contribution in [0.1, 0.15) is 0 Å².